The first kappa shape index (κ1) is 14.0. The maximum atomic E-state index is 12.0. The van der Waals surface area contributed by atoms with Crippen LogP contribution >= 0.6 is 27.3 Å². The molecule has 1 amide bonds. The van der Waals surface area contributed by atoms with Gasteiger partial charge in [-0.2, -0.15) is 0 Å². The number of halogens is 1. The van der Waals surface area contributed by atoms with E-state index in [1.807, 2.05) is 11.4 Å². The first-order valence-corrected chi connectivity index (χ1v) is 7.22. The van der Waals surface area contributed by atoms with Crippen LogP contribution in [-0.4, -0.2) is 27.4 Å². The van der Waals surface area contributed by atoms with Gasteiger partial charge in [-0.3, -0.25) is 9.36 Å². The van der Waals surface area contributed by atoms with E-state index >= 15 is 0 Å². The maximum Gasteiger partial charge on any atom is 0.347 e. The Balaban J connectivity index is 2.00. The second-order valence-corrected chi connectivity index (χ2v) is 5.92. The van der Waals surface area contributed by atoms with Crippen LogP contribution in [0.3, 0.4) is 0 Å². The molecular formula is C12H12BrN3O2S. The van der Waals surface area contributed by atoms with Gasteiger partial charge in [-0.1, -0.05) is 0 Å². The normalized spacial score (nSPS) is 10.4. The van der Waals surface area contributed by atoms with Crippen LogP contribution in [0.5, 0.6) is 0 Å². The lowest BCUT2D eigenvalue weighted by molar-refractivity contribution is -0.131. The summed E-state index contributed by atoms with van der Waals surface area (Å²) in [6.45, 7) is 0.541. The highest BCUT2D eigenvalue weighted by Gasteiger charge is 2.11. The standard InChI is InChI=1S/C12H12BrN3O2S/c1-15(6-10-5-9(13)8-19-10)11(17)7-16-4-2-3-14-12(16)18/h2-5,8H,6-7H2,1H3. The summed E-state index contributed by atoms with van der Waals surface area (Å²) < 4.78 is 2.31. The highest BCUT2D eigenvalue weighted by molar-refractivity contribution is 9.10. The van der Waals surface area contributed by atoms with Crippen molar-refractivity contribution in [1.29, 1.82) is 0 Å². The van der Waals surface area contributed by atoms with E-state index in [0.29, 0.717) is 6.54 Å². The van der Waals surface area contributed by atoms with Crippen molar-refractivity contribution in [2.45, 2.75) is 13.1 Å². The van der Waals surface area contributed by atoms with E-state index in [1.54, 1.807) is 35.5 Å². The van der Waals surface area contributed by atoms with Gasteiger partial charge in [0.15, 0.2) is 0 Å². The molecule has 0 saturated carbocycles. The molecule has 0 spiro atoms. The lowest BCUT2D eigenvalue weighted by Gasteiger charge is -2.16. The van der Waals surface area contributed by atoms with Gasteiger partial charge in [0.25, 0.3) is 0 Å². The summed E-state index contributed by atoms with van der Waals surface area (Å²) in [5.74, 6) is -0.125. The SMILES string of the molecule is CN(Cc1cc(Br)cs1)C(=O)Cn1cccnc1=O. The van der Waals surface area contributed by atoms with Crippen molar-refractivity contribution in [2.75, 3.05) is 7.05 Å². The van der Waals surface area contributed by atoms with Gasteiger partial charge >= 0.3 is 5.69 Å². The van der Waals surface area contributed by atoms with Crippen molar-refractivity contribution < 1.29 is 4.79 Å². The van der Waals surface area contributed by atoms with E-state index in [0.717, 1.165) is 9.35 Å². The van der Waals surface area contributed by atoms with Gasteiger partial charge in [-0.05, 0) is 28.1 Å². The highest BCUT2D eigenvalue weighted by atomic mass is 79.9. The number of aromatic nitrogens is 2. The Bertz CT molecular complexity index is 638. The predicted octanol–water partition coefficient (Wildman–Crippen LogP) is 1.73. The number of hydrogen-bond donors (Lipinski definition) is 0. The molecule has 5 nitrogen and oxygen atoms in total. The molecule has 0 aromatic carbocycles. The van der Waals surface area contributed by atoms with Crippen LogP contribution in [0.2, 0.25) is 0 Å². The third-order valence-electron chi connectivity index (χ3n) is 2.53. The predicted molar refractivity (Wildman–Crippen MR) is 77.0 cm³/mol. The molecule has 0 N–H and O–H groups in total. The molecular weight excluding hydrogens is 330 g/mol. The third-order valence-corrected chi connectivity index (χ3v) is 4.21. The Hall–Kier alpha value is -1.47. The largest absolute Gasteiger partial charge is 0.347 e. The van der Waals surface area contributed by atoms with E-state index in [4.69, 9.17) is 0 Å². The average molecular weight is 342 g/mol. The zero-order valence-corrected chi connectivity index (χ0v) is 12.6. The summed E-state index contributed by atoms with van der Waals surface area (Å²) in [7, 11) is 1.72. The number of rotatable bonds is 4. The van der Waals surface area contributed by atoms with Crippen LogP contribution < -0.4 is 5.69 Å². The second kappa shape index (κ2) is 6.12. The summed E-state index contributed by atoms with van der Waals surface area (Å²) in [6, 6.07) is 3.61. The van der Waals surface area contributed by atoms with Crippen molar-refractivity contribution in [3.8, 4) is 0 Å². The number of carbonyl (C=O) groups excluding carboxylic acids is 1. The summed E-state index contributed by atoms with van der Waals surface area (Å²) in [5, 5.41) is 1.97. The molecule has 2 rings (SSSR count). The van der Waals surface area contributed by atoms with E-state index < -0.39 is 5.69 Å². The van der Waals surface area contributed by atoms with E-state index in [1.165, 1.54) is 10.8 Å². The van der Waals surface area contributed by atoms with Gasteiger partial charge in [0.1, 0.15) is 6.54 Å². The van der Waals surface area contributed by atoms with Crippen molar-refractivity contribution >= 4 is 33.2 Å². The molecule has 100 valence electrons. The topological polar surface area (TPSA) is 55.2 Å². The Morgan fingerprint density at radius 1 is 1.58 bits per heavy atom. The van der Waals surface area contributed by atoms with Crippen LogP contribution in [-0.2, 0) is 17.9 Å². The minimum atomic E-state index is -0.414. The average Bonchev–Trinajstić information content (AvgIpc) is 2.77. The van der Waals surface area contributed by atoms with Crippen LogP contribution in [0.25, 0.3) is 0 Å². The smallest absolute Gasteiger partial charge is 0.339 e. The number of hydrogen-bond acceptors (Lipinski definition) is 4. The fourth-order valence-electron chi connectivity index (χ4n) is 1.53. The number of nitrogens with zero attached hydrogens (tertiary/aromatic N) is 3. The molecule has 0 atom stereocenters. The summed E-state index contributed by atoms with van der Waals surface area (Å²) in [6.07, 6.45) is 2.97. The molecule has 0 fully saturated rings. The van der Waals surface area contributed by atoms with Gasteiger partial charge in [0.2, 0.25) is 5.91 Å². The number of carbonyl (C=O) groups is 1. The van der Waals surface area contributed by atoms with Crippen molar-refractivity contribution in [3.05, 3.63) is 49.7 Å². The fourth-order valence-corrected chi connectivity index (χ4v) is 3.04. The zero-order valence-electron chi connectivity index (χ0n) is 10.2. The molecule has 2 aromatic rings. The first-order valence-electron chi connectivity index (χ1n) is 5.54. The summed E-state index contributed by atoms with van der Waals surface area (Å²) in [5.41, 5.74) is -0.414. The Kier molecular flexibility index (Phi) is 4.49. The lowest BCUT2D eigenvalue weighted by Crippen LogP contribution is -2.33. The minimum absolute atomic E-state index is 0.00964. The van der Waals surface area contributed by atoms with Crippen molar-refractivity contribution in [2.24, 2.45) is 0 Å². The number of amides is 1. The first-order chi connectivity index (χ1) is 9.06. The quantitative estimate of drug-likeness (QED) is 0.850. The molecule has 0 saturated heterocycles. The van der Waals surface area contributed by atoms with Crippen LogP contribution in [0.4, 0.5) is 0 Å². The Morgan fingerprint density at radius 3 is 3.00 bits per heavy atom. The highest BCUT2D eigenvalue weighted by Crippen LogP contribution is 2.20. The van der Waals surface area contributed by atoms with E-state index in [9.17, 15) is 9.59 Å². The molecule has 0 radical (unpaired) electrons. The molecule has 0 bridgehead atoms. The summed E-state index contributed by atoms with van der Waals surface area (Å²) >= 11 is 4.96. The molecule has 0 unspecified atom stereocenters. The zero-order chi connectivity index (χ0) is 13.8. The Morgan fingerprint density at radius 2 is 2.37 bits per heavy atom. The molecule has 7 heteroatoms. The monoisotopic (exact) mass is 341 g/mol. The van der Waals surface area contributed by atoms with Gasteiger partial charge in [0.05, 0.1) is 6.54 Å². The van der Waals surface area contributed by atoms with Crippen LogP contribution in [0, 0.1) is 0 Å². The molecule has 19 heavy (non-hydrogen) atoms. The van der Waals surface area contributed by atoms with Crippen LogP contribution in [0.1, 0.15) is 4.88 Å². The second-order valence-electron chi connectivity index (χ2n) is 4.01. The molecule has 0 aliphatic carbocycles. The molecule has 2 heterocycles. The lowest BCUT2D eigenvalue weighted by atomic mass is 10.4. The van der Waals surface area contributed by atoms with Crippen molar-refractivity contribution in [3.63, 3.8) is 0 Å². The Labute approximate surface area is 122 Å². The molecule has 0 aliphatic heterocycles. The number of likely N-dealkylation sites (N-methyl/N-ethyl adjacent to an activating group) is 1. The number of thiophene rings is 1. The summed E-state index contributed by atoms with van der Waals surface area (Å²) in [4.78, 5) is 29.7. The molecule has 0 aliphatic rings. The van der Waals surface area contributed by atoms with Crippen molar-refractivity contribution in [1.82, 2.24) is 14.5 Å². The minimum Gasteiger partial charge on any atom is -0.339 e. The fraction of sp³-hybridized carbons (Fsp3) is 0.250. The van der Waals surface area contributed by atoms with E-state index in [-0.39, 0.29) is 12.5 Å². The van der Waals surface area contributed by atoms with E-state index in [2.05, 4.69) is 20.9 Å². The third kappa shape index (κ3) is 3.74. The molecule has 2 aromatic heterocycles. The van der Waals surface area contributed by atoms with Gasteiger partial charge < -0.3 is 4.90 Å². The van der Waals surface area contributed by atoms with Gasteiger partial charge in [-0.15, -0.1) is 11.3 Å². The maximum absolute atomic E-state index is 12.0. The van der Waals surface area contributed by atoms with Crippen LogP contribution in [0.15, 0.2) is 39.2 Å². The van der Waals surface area contributed by atoms with Gasteiger partial charge in [-0.25, -0.2) is 9.78 Å². The van der Waals surface area contributed by atoms with Gasteiger partial charge in [0, 0.05) is 34.2 Å².